The van der Waals surface area contributed by atoms with Crippen LogP contribution in [0.2, 0.25) is 0 Å². The molecule has 1 aromatic rings. The van der Waals surface area contributed by atoms with Crippen LogP contribution in [0.5, 0.6) is 0 Å². The first-order valence-electron chi connectivity index (χ1n) is 6.61. The topological polar surface area (TPSA) is 24.5 Å². The molecule has 0 saturated heterocycles. The molecule has 3 heteroatoms. The van der Waals surface area contributed by atoms with Crippen LogP contribution in [-0.2, 0) is 17.8 Å². The number of ether oxygens (including phenoxy) is 1. The van der Waals surface area contributed by atoms with E-state index >= 15 is 0 Å². The third-order valence-corrected chi connectivity index (χ3v) is 2.94. The maximum atomic E-state index is 5.11. The quantitative estimate of drug-likeness (QED) is 0.766. The second-order valence-electron chi connectivity index (χ2n) is 5.03. The maximum absolute atomic E-state index is 5.11. The van der Waals surface area contributed by atoms with Gasteiger partial charge < -0.3 is 10.1 Å². The molecule has 0 aliphatic rings. The standard InChI is InChI=1S/C15H26N2O/c1-13(2)16-11-14-7-5-6-8-15(14)12-17(3)9-10-18-4/h5-8,13,16H,9-12H2,1-4H3. The van der Waals surface area contributed by atoms with Crippen molar-refractivity contribution in [2.24, 2.45) is 0 Å². The molecular weight excluding hydrogens is 224 g/mol. The lowest BCUT2D eigenvalue weighted by atomic mass is 10.1. The van der Waals surface area contributed by atoms with E-state index in [-0.39, 0.29) is 0 Å². The molecule has 0 fully saturated rings. The predicted molar refractivity (Wildman–Crippen MR) is 76.6 cm³/mol. The normalized spacial score (nSPS) is 11.4. The van der Waals surface area contributed by atoms with Crippen LogP contribution in [0.15, 0.2) is 24.3 Å². The molecule has 0 aliphatic heterocycles. The van der Waals surface area contributed by atoms with Crippen molar-refractivity contribution in [1.29, 1.82) is 0 Å². The van der Waals surface area contributed by atoms with Crippen LogP contribution in [0.4, 0.5) is 0 Å². The molecule has 0 aromatic heterocycles. The summed E-state index contributed by atoms with van der Waals surface area (Å²) < 4.78 is 5.11. The van der Waals surface area contributed by atoms with Crippen molar-refractivity contribution in [2.45, 2.75) is 33.0 Å². The average Bonchev–Trinajstić information content (AvgIpc) is 2.35. The molecule has 0 aliphatic carbocycles. The number of benzene rings is 1. The van der Waals surface area contributed by atoms with Gasteiger partial charge in [-0.1, -0.05) is 38.1 Å². The number of likely N-dealkylation sites (N-methyl/N-ethyl adjacent to an activating group) is 1. The van der Waals surface area contributed by atoms with Gasteiger partial charge in [0.1, 0.15) is 0 Å². The number of hydrogen-bond acceptors (Lipinski definition) is 3. The number of nitrogens with one attached hydrogen (secondary N) is 1. The minimum Gasteiger partial charge on any atom is -0.383 e. The van der Waals surface area contributed by atoms with E-state index in [1.54, 1.807) is 7.11 Å². The van der Waals surface area contributed by atoms with Crippen molar-refractivity contribution in [2.75, 3.05) is 27.3 Å². The maximum Gasteiger partial charge on any atom is 0.0589 e. The van der Waals surface area contributed by atoms with Gasteiger partial charge in [-0.15, -0.1) is 0 Å². The zero-order valence-corrected chi connectivity index (χ0v) is 12.1. The van der Waals surface area contributed by atoms with Crippen LogP contribution in [0.3, 0.4) is 0 Å². The third-order valence-electron chi connectivity index (χ3n) is 2.94. The Kier molecular flexibility index (Phi) is 6.94. The van der Waals surface area contributed by atoms with Gasteiger partial charge in [0.05, 0.1) is 6.61 Å². The van der Waals surface area contributed by atoms with Gasteiger partial charge in [0.15, 0.2) is 0 Å². The van der Waals surface area contributed by atoms with E-state index in [9.17, 15) is 0 Å². The molecule has 1 N–H and O–H groups in total. The predicted octanol–water partition coefficient (Wildman–Crippen LogP) is 2.26. The van der Waals surface area contributed by atoms with Gasteiger partial charge in [-0.05, 0) is 18.2 Å². The fourth-order valence-electron chi connectivity index (χ4n) is 1.82. The first-order chi connectivity index (χ1) is 8.63. The number of hydrogen-bond donors (Lipinski definition) is 1. The van der Waals surface area contributed by atoms with Crippen LogP contribution in [0.25, 0.3) is 0 Å². The second kappa shape index (κ2) is 8.25. The van der Waals surface area contributed by atoms with Crippen molar-refractivity contribution < 1.29 is 4.74 Å². The van der Waals surface area contributed by atoms with Crippen LogP contribution < -0.4 is 5.32 Å². The molecule has 0 heterocycles. The largest absolute Gasteiger partial charge is 0.383 e. The number of methoxy groups -OCH3 is 1. The van der Waals surface area contributed by atoms with E-state index in [4.69, 9.17) is 4.74 Å². The van der Waals surface area contributed by atoms with E-state index in [1.807, 2.05) is 0 Å². The van der Waals surface area contributed by atoms with Crippen LogP contribution in [0, 0.1) is 0 Å². The van der Waals surface area contributed by atoms with E-state index < -0.39 is 0 Å². The summed E-state index contributed by atoms with van der Waals surface area (Å²) in [5.74, 6) is 0. The second-order valence-corrected chi connectivity index (χ2v) is 5.03. The molecule has 0 spiro atoms. The van der Waals surface area contributed by atoms with Gasteiger partial charge >= 0.3 is 0 Å². The molecule has 0 atom stereocenters. The number of nitrogens with zero attached hydrogens (tertiary/aromatic N) is 1. The lowest BCUT2D eigenvalue weighted by Gasteiger charge is -2.19. The summed E-state index contributed by atoms with van der Waals surface area (Å²) in [5, 5.41) is 3.48. The van der Waals surface area contributed by atoms with E-state index in [2.05, 4.69) is 55.4 Å². The molecule has 3 nitrogen and oxygen atoms in total. The van der Waals surface area contributed by atoms with E-state index in [0.717, 1.165) is 26.2 Å². The van der Waals surface area contributed by atoms with E-state index in [0.29, 0.717) is 6.04 Å². The zero-order valence-electron chi connectivity index (χ0n) is 12.1. The molecule has 1 rings (SSSR count). The van der Waals surface area contributed by atoms with Gasteiger partial charge in [-0.3, -0.25) is 4.90 Å². The van der Waals surface area contributed by atoms with Crippen molar-refractivity contribution in [3.05, 3.63) is 35.4 Å². The highest BCUT2D eigenvalue weighted by Crippen LogP contribution is 2.11. The molecule has 0 bridgehead atoms. The van der Waals surface area contributed by atoms with Gasteiger partial charge in [-0.25, -0.2) is 0 Å². The Morgan fingerprint density at radius 3 is 2.50 bits per heavy atom. The first kappa shape index (κ1) is 15.2. The Labute approximate surface area is 111 Å². The molecule has 0 unspecified atom stereocenters. The molecule has 18 heavy (non-hydrogen) atoms. The summed E-state index contributed by atoms with van der Waals surface area (Å²) in [6.45, 7) is 8.00. The summed E-state index contributed by atoms with van der Waals surface area (Å²) in [5.41, 5.74) is 2.78. The van der Waals surface area contributed by atoms with Crippen molar-refractivity contribution >= 4 is 0 Å². The summed E-state index contributed by atoms with van der Waals surface area (Å²) >= 11 is 0. The van der Waals surface area contributed by atoms with Crippen molar-refractivity contribution in [1.82, 2.24) is 10.2 Å². The molecule has 1 aromatic carbocycles. The van der Waals surface area contributed by atoms with Crippen molar-refractivity contribution in [3.8, 4) is 0 Å². The Balaban J connectivity index is 2.58. The highest BCUT2D eigenvalue weighted by atomic mass is 16.5. The summed E-state index contributed by atoms with van der Waals surface area (Å²) in [6.07, 6.45) is 0. The van der Waals surface area contributed by atoms with Crippen LogP contribution in [-0.4, -0.2) is 38.3 Å². The summed E-state index contributed by atoms with van der Waals surface area (Å²) in [6, 6.07) is 9.15. The minimum absolute atomic E-state index is 0.518. The Morgan fingerprint density at radius 1 is 1.22 bits per heavy atom. The van der Waals surface area contributed by atoms with Gasteiger partial charge in [0.25, 0.3) is 0 Å². The van der Waals surface area contributed by atoms with Crippen LogP contribution in [0.1, 0.15) is 25.0 Å². The highest BCUT2D eigenvalue weighted by Gasteiger charge is 2.05. The smallest absolute Gasteiger partial charge is 0.0589 e. The monoisotopic (exact) mass is 250 g/mol. The first-order valence-corrected chi connectivity index (χ1v) is 6.61. The molecular formula is C15H26N2O. The van der Waals surface area contributed by atoms with Crippen molar-refractivity contribution in [3.63, 3.8) is 0 Å². The van der Waals surface area contributed by atoms with Gasteiger partial charge in [0.2, 0.25) is 0 Å². The third kappa shape index (κ3) is 5.63. The van der Waals surface area contributed by atoms with Crippen LogP contribution >= 0.6 is 0 Å². The summed E-state index contributed by atoms with van der Waals surface area (Å²) in [7, 11) is 3.88. The number of rotatable bonds is 8. The molecule has 0 amide bonds. The SMILES string of the molecule is COCCN(C)Cc1ccccc1CNC(C)C. The average molecular weight is 250 g/mol. The minimum atomic E-state index is 0.518. The Hall–Kier alpha value is -0.900. The molecule has 0 saturated carbocycles. The molecule has 102 valence electrons. The summed E-state index contributed by atoms with van der Waals surface area (Å²) in [4.78, 5) is 2.29. The Bertz CT molecular complexity index is 339. The lowest BCUT2D eigenvalue weighted by molar-refractivity contribution is 0.158. The fraction of sp³-hybridized carbons (Fsp3) is 0.600. The zero-order chi connectivity index (χ0) is 13.4. The lowest BCUT2D eigenvalue weighted by Crippen LogP contribution is -2.25. The highest BCUT2D eigenvalue weighted by molar-refractivity contribution is 5.27. The molecule has 0 radical (unpaired) electrons. The van der Waals surface area contributed by atoms with E-state index in [1.165, 1.54) is 11.1 Å². The van der Waals surface area contributed by atoms with Gasteiger partial charge in [0, 0.05) is 32.8 Å². The fourth-order valence-corrected chi connectivity index (χ4v) is 1.82. The Morgan fingerprint density at radius 2 is 1.89 bits per heavy atom. The van der Waals surface area contributed by atoms with Gasteiger partial charge in [-0.2, -0.15) is 0 Å².